The number of hydrogen-bond donors (Lipinski definition) is 2. The summed E-state index contributed by atoms with van der Waals surface area (Å²) < 4.78 is 5.39. The molecule has 31 heavy (non-hydrogen) atoms. The molecule has 1 aliphatic carbocycles. The van der Waals surface area contributed by atoms with Crippen LogP contribution in [0.3, 0.4) is 0 Å². The fraction of sp³-hybridized carbons (Fsp3) is 0.857. The normalized spacial score (nSPS) is 18.8. The number of morpholine rings is 1. The number of rotatable bonds is 9. The van der Waals surface area contributed by atoms with Crippen molar-refractivity contribution in [3.8, 4) is 0 Å². The lowest BCUT2D eigenvalue weighted by Crippen LogP contribution is -2.49. The van der Waals surface area contributed by atoms with E-state index in [0.717, 1.165) is 71.5 Å². The van der Waals surface area contributed by atoms with Gasteiger partial charge in [0.2, 0.25) is 11.8 Å². The Morgan fingerprint density at radius 3 is 2.26 bits per heavy atom. The summed E-state index contributed by atoms with van der Waals surface area (Å²) in [5.74, 6) is 0.720. The summed E-state index contributed by atoms with van der Waals surface area (Å²) in [6, 6.07) is 0. The third-order valence-corrected chi connectivity index (χ3v) is 5.93. The standard InChI is InChI=1S/C21H40N6O3.HI/c1-25(2)18(28)16-23-20(22-10-7-11-27-12-14-30-15-13-27)24-17-21(8-5-6-9-21)19(29)26(3)4;/h5-17H2,1-4H3,(H2,22,23,24);1H. The second kappa shape index (κ2) is 14.1. The average molecular weight is 553 g/mol. The van der Waals surface area contributed by atoms with Crippen molar-refractivity contribution in [2.24, 2.45) is 10.4 Å². The molecule has 2 aliphatic rings. The average Bonchev–Trinajstić information content (AvgIpc) is 3.22. The lowest BCUT2D eigenvalue weighted by atomic mass is 9.84. The third-order valence-electron chi connectivity index (χ3n) is 5.93. The van der Waals surface area contributed by atoms with Crippen LogP contribution in [0.5, 0.6) is 0 Å². The van der Waals surface area contributed by atoms with Gasteiger partial charge in [-0.3, -0.25) is 14.5 Å². The Bertz CT molecular complexity index is 588. The molecule has 1 saturated carbocycles. The van der Waals surface area contributed by atoms with E-state index in [1.165, 1.54) is 4.90 Å². The highest BCUT2D eigenvalue weighted by molar-refractivity contribution is 14.0. The van der Waals surface area contributed by atoms with E-state index in [1.807, 2.05) is 14.1 Å². The van der Waals surface area contributed by atoms with Crippen LogP contribution in [0.25, 0.3) is 0 Å². The van der Waals surface area contributed by atoms with Gasteiger partial charge in [-0.15, -0.1) is 24.0 Å². The first-order chi connectivity index (χ1) is 14.3. The van der Waals surface area contributed by atoms with Crippen LogP contribution in [0.4, 0.5) is 0 Å². The maximum atomic E-state index is 12.8. The van der Waals surface area contributed by atoms with Crippen LogP contribution in [-0.2, 0) is 14.3 Å². The number of guanidine groups is 1. The second-order valence-corrected chi connectivity index (χ2v) is 8.73. The molecule has 1 saturated heterocycles. The van der Waals surface area contributed by atoms with E-state index in [1.54, 1.807) is 19.0 Å². The molecular formula is C21H41IN6O3. The number of amides is 2. The lowest BCUT2D eigenvalue weighted by molar-refractivity contribution is -0.138. The Morgan fingerprint density at radius 1 is 1.03 bits per heavy atom. The number of hydrogen-bond acceptors (Lipinski definition) is 5. The van der Waals surface area contributed by atoms with E-state index in [2.05, 4.69) is 20.5 Å². The Labute approximate surface area is 204 Å². The smallest absolute Gasteiger partial charge is 0.243 e. The van der Waals surface area contributed by atoms with Crippen LogP contribution in [0.15, 0.2) is 4.99 Å². The van der Waals surface area contributed by atoms with E-state index >= 15 is 0 Å². The third kappa shape index (κ3) is 9.09. The molecule has 0 spiro atoms. The van der Waals surface area contributed by atoms with Crippen LogP contribution in [0.2, 0.25) is 0 Å². The SMILES string of the molecule is CN(C)C(=O)CN=C(NCCCN1CCOCC1)NCC1(C(=O)N(C)C)CCCC1.I. The second-order valence-electron chi connectivity index (χ2n) is 8.73. The largest absolute Gasteiger partial charge is 0.379 e. The van der Waals surface area contributed by atoms with E-state index in [9.17, 15) is 9.59 Å². The Morgan fingerprint density at radius 2 is 1.68 bits per heavy atom. The number of carbonyl (C=O) groups is 2. The minimum absolute atomic E-state index is 0. The number of aliphatic imine (C=N–C) groups is 1. The summed E-state index contributed by atoms with van der Waals surface area (Å²) in [7, 11) is 7.09. The molecule has 1 heterocycles. The summed E-state index contributed by atoms with van der Waals surface area (Å²) in [6.45, 7) is 5.94. The van der Waals surface area contributed by atoms with Gasteiger partial charge < -0.3 is 25.2 Å². The summed E-state index contributed by atoms with van der Waals surface area (Å²) in [5, 5.41) is 6.71. The monoisotopic (exact) mass is 552 g/mol. The zero-order chi connectivity index (χ0) is 22.0. The van der Waals surface area contributed by atoms with Crippen molar-refractivity contribution in [2.45, 2.75) is 32.1 Å². The van der Waals surface area contributed by atoms with E-state index in [4.69, 9.17) is 4.74 Å². The number of carbonyl (C=O) groups excluding carboxylic acids is 2. The number of nitrogens with zero attached hydrogens (tertiary/aromatic N) is 4. The molecule has 1 aliphatic heterocycles. The Kier molecular flexibility index (Phi) is 12.7. The maximum Gasteiger partial charge on any atom is 0.243 e. The van der Waals surface area contributed by atoms with Crippen molar-refractivity contribution in [2.75, 3.05) is 80.7 Å². The first-order valence-corrected chi connectivity index (χ1v) is 11.1. The van der Waals surface area contributed by atoms with Crippen molar-refractivity contribution in [3.05, 3.63) is 0 Å². The van der Waals surface area contributed by atoms with Crippen LogP contribution in [-0.4, -0.2) is 113 Å². The molecule has 0 aromatic rings. The molecule has 9 nitrogen and oxygen atoms in total. The van der Waals surface area contributed by atoms with Gasteiger partial charge in [-0.05, 0) is 25.8 Å². The number of nitrogens with one attached hydrogen (secondary N) is 2. The van der Waals surface area contributed by atoms with Crippen molar-refractivity contribution < 1.29 is 14.3 Å². The van der Waals surface area contributed by atoms with E-state index in [0.29, 0.717) is 12.5 Å². The molecule has 2 amide bonds. The lowest BCUT2D eigenvalue weighted by Gasteiger charge is -2.31. The van der Waals surface area contributed by atoms with Gasteiger partial charge in [0.15, 0.2) is 5.96 Å². The predicted molar refractivity (Wildman–Crippen MR) is 134 cm³/mol. The van der Waals surface area contributed by atoms with Gasteiger partial charge in [0.1, 0.15) is 6.54 Å². The molecule has 180 valence electrons. The summed E-state index contributed by atoms with van der Waals surface area (Å²) >= 11 is 0. The van der Waals surface area contributed by atoms with Gasteiger partial charge in [-0.25, -0.2) is 4.99 Å². The molecule has 10 heteroatoms. The zero-order valence-electron chi connectivity index (χ0n) is 19.6. The molecular weight excluding hydrogens is 511 g/mol. The molecule has 0 bridgehead atoms. The molecule has 0 atom stereocenters. The number of ether oxygens (including phenoxy) is 1. The fourth-order valence-electron chi connectivity index (χ4n) is 4.04. The van der Waals surface area contributed by atoms with Crippen LogP contribution in [0.1, 0.15) is 32.1 Å². The van der Waals surface area contributed by atoms with Crippen molar-refractivity contribution in [1.82, 2.24) is 25.3 Å². The highest BCUT2D eigenvalue weighted by atomic mass is 127. The van der Waals surface area contributed by atoms with Gasteiger partial charge in [0.05, 0.1) is 18.6 Å². The highest BCUT2D eigenvalue weighted by Crippen LogP contribution is 2.38. The molecule has 0 aromatic carbocycles. The molecule has 0 aromatic heterocycles. The molecule has 0 radical (unpaired) electrons. The Hall–Kier alpha value is -1.14. The first kappa shape index (κ1) is 27.9. The number of halogens is 1. The van der Waals surface area contributed by atoms with Crippen LogP contribution >= 0.6 is 24.0 Å². The van der Waals surface area contributed by atoms with Gasteiger partial charge >= 0.3 is 0 Å². The molecule has 2 fully saturated rings. The topological polar surface area (TPSA) is 89.5 Å². The summed E-state index contributed by atoms with van der Waals surface area (Å²) in [4.78, 5) is 34.9. The summed E-state index contributed by atoms with van der Waals surface area (Å²) in [5.41, 5.74) is -0.384. The van der Waals surface area contributed by atoms with Crippen molar-refractivity contribution in [1.29, 1.82) is 0 Å². The highest BCUT2D eigenvalue weighted by Gasteiger charge is 2.42. The quantitative estimate of drug-likeness (QED) is 0.189. The fourth-order valence-corrected chi connectivity index (χ4v) is 4.04. The van der Waals surface area contributed by atoms with Crippen LogP contribution in [0, 0.1) is 5.41 Å². The van der Waals surface area contributed by atoms with Gasteiger partial charge in [-0.1, -0.05) is 12.8 Å². The molecule has 0 unspecified atom stereocenters. The predicted octanol–water partition coefficient (Wildman–Crippen LogP) is 0.599. The summed E-state index contributed by atoms with van der Waals surface area (Å²) in [6.07, 6.45) is 4.89. The zero-order valence-corrected chi connectivity index (χ0v) is 21.9. The van der Waals surface area contributed by atoms with E-state index < -0.39 is 0 Å². The van der Waals surface area contributed by atoms with Gasteiger partial charge in [0, 0.05) is 54.4 Å². The van der Waals surface area contributed by atoms with Gasteiger partial charge in [0.25, 0.3) is 0 Å². The van der Waals surface area contributed by atoms with Crippen molar-refractivity contribution in [3.63, 3.8) is 0 Å². The molecule has 2 N–H and O–H groups in total. The molecule has 2 rings (SSSR count). The minimum atomic E-state index is -0.384. The van der Waals surface area contributed by atoms with Crippen LogP contribution < -0.4 is 10.6 Å². The van der Waals surface area contributed by atoms with Crippen molar-refractivity contribution >= 4 is 41.8 Å². The minimum Gasteiger partial charge on any atom is -0.379 e. The Balaban J connectivity index is 0.00000480. The van der Waals surface area contributed by atoms with Gasteiger partial charge in [-0.2, -0.15) is 0 Å². The first-order valence-electron chi connectivity index (χ1n) is 11.1. The maximum absolute atomic E-state index is 12.8. The van der Waals surface area contributed by atoms with E-state index in [-0.39, 0.29) is 47.8 Å². The number of likely N-dealkylation sites (N-methyl/N-ethyl adjacent to an activating group) is 1.